The summed E-state index contributed by atoms with van der Waals surface area (Å²) in [6, 6.07) is -2.36. The quantitative estimate of drug-likeness (QED) is 0.859. The summed E-state index contributed by atoms with van der Waals surface area (Å²) in [4.78, 5) is 3.71. The van der Waals surface area contributed by atoms with Gasteiger partial charge in [0.2, 0.25) is 0 Å². The van der Waals surface area contributed by atoms with Crippen LogP contribution in [0.1, 0.15) is 34.1 Å². The summed E-state index contributed by atoms with van der Waals surface area (Å²) in [6.45, 7) is 10.1. The summed E-state index contributed by atoms with van der Waals surface area (Å²) in [5, 5.41) is 0. The smallest absolute Gasteiger partial charge is 0.326 e. The normalized spacial score (nSPS) is 23.4. The van der Waals surface area contributed by atoms with E-state index >= 15 is 0 Å². The summed E-state index contributed by atoms with van der Waals surface area (Å²) < 4.78 is 39.4. The van der Waals surface area contributed by atoms with Crippen molar-refractivity contribution in [3.63, 3.8) is 0 Å². The van der Waals surface area contributed by atoms with E-state index in [4.69, 9.17) is 5.73 Å². The zero-order valence-corrected chi connectivity index (χ0v) is 12.3. The van der Waals surface area contributed by atoms with Crippen molar-refractivity contribution in [1.29, 1.82) is 0 Å². The summed E-state index contributed by atoms with van der Waals surface area (Å²) in [5.41, 5.74) is 5.69. The number of piperazine rings is 1. The van der Waals surface area contributed by atoms with Gasteiger partial charge in [-0.3, -0.25) is 9.80 Å². The molecule has 2 unspecified atom stereocenters. The molecule has 19 heavy (non-hydrogen) atoms. The zero-order chi connectivity index (χ0) is 14.8. The van der Waals surface area contributed by atoms with Crippen LogP contribution >= 0.6 is 0 Å². The molecule has 1 aliphatic heterocycles. The second-order valence-corrected chi connectivity index (χ2v) is 6.25. The second kappa shape index (κ2) is 5.97. The number of alkyl halides is 3. The Kier molecular flexibility index (Phi) is 5.26. The van der Waals surface area contributed by atoms with Crippen LogP contribution in [0.25, 0.3) is 0 Å². The maximum atomic E-state index is 13.1. The van der Waals surface area contributed by atoms with E-state index in [1.165, 1.54) is 4.90 Å². The lowest BCUT2D eigenvalue weighted by Crippen LogP contribution is -2.62. The first-order valence-electron chi connectivity index (χ1n) is 6.88. The Labute approximate surface area is 113 Å². The highest BCUT2D eigenvalue weighted by Gasteiger charge is 2.47. The Morgan fingerprint density at radius 2 is 1.53 bits per heavy atom. The highest BCUT2D eigenvalue weighted by atomic mass is 19.4. The van der Waals surface area contributed by atoms with E-state index < -0.39 is 18.3 Å². The van der Waals surface area contributed by atoms with Crippen LogP contribution in [0.4, 0.5) is 13.2 Å². The Bertz CT molecular complexity index is 278. The third-order valence-corrected chi connectivity index (χ3v) is 3.87. The number of hydrogen-bond donors (Lipinski definition) is 1. The maximum absolute atomic E-state index is 13.1. The van der Waals surface area contributed by atoms with Gasteiger partial charge < -0.3 is 5.73 Å². The molecule has 0 aromatic rings. The molecule has 1 rings (SSSR count). The molecule has 0 radical (unpaired) electrons. The van der Waals surface area contributed by atoms with Crippen molar-refractivity contribution in [2.75, 3.05) is 26.2 Å². The van der Waals surface area contributed by atoms with Gasteiger partial charge in [-0.1, -0.05) is 6.92 Å². The van der Waals surface area contributed by atoms with E-state index in [9.17, 15) is 13.2 Å². The van der Waals surface area contributed by atoms with Crippen LogP contribution in [0.3, 0.4) is 0 Å². The molecule has 0 aromatic heterocycles. The van der Waals surface area contributed by atoms with Crippen molar-refractivity contribution in [1.82, 2.24) is 9.80 Å². The summed E-state index contributed by atoms with van der Waals surface area (Å²) in [5.74, 6) is 0. The van der Waals surface area contributed by atoms with Gasteiger partial charge in [-0.25, -0.2) is 0 Å². The number of halogens is 3. The minimum atomic E-state index is -4.25. The lowest BCUT2D eigenvalue weighted by Gasteiger charge is -2.45. The van der Waals surface area contributed by atoms with Gasteiger partial charge in [-0.2, -0.15) is 13.2 Å². The molecular weight excluding hydrogens is 255 g/mol. The molecule has 0 saturated carbocycles. The van der Waals surface area contributed by atoms with Gasteiger partial charge >= 0.3 is 6.18 Å². The monoisotopic (exact) mass is 281 g/mol. The van der Waals surface area contributed by atoms with E-state index in [0.29, 0.717) is 32.6 Å². The number of nitrogens with two attached hydrogens (primary N) is 1. The van der Waals surface area contributed by atoms with E-state index in [1.54, 1.807) is 6.92 Å². The van der Waals surface area contributed by atoms with Crippen molar-refractivity contribution in [3.8, 4) is 0 Å². The summed E-state index contributed by atoms with van der Waals surface area (Å²) in [7, 11) is 0. The molecule has 1 saturated heterocycles. The standard InChI is InChI=1S/C13H26F3N3/c1-5-10(17)11(13(14,15)16)18-6-8-19(9-7-18)12(2,3)4/h10-11H,5-9,17H2,1-4H3. The fourth-order valence-corrected chi connectivity index (χ4v) is 2.61. The van der Waals surface area contributed by atoms with Gasteiger partial charge in [-0.05, 0) is 27.2 Å². The predicted octanol–water partition coefficient (Wildman–Crippen LogP) is 2.07. The van der Waals surface area contributed by atoms with Crippen molar-refractivity contribution in [2.24, 2.45) is 5.73 Å². The molecule has 0 amide bonds. The van der Waals surface area contributed by atoms with Crippen LogP contribution in [0.2, 0.25) is 0 Å². The third-order valence-electron chi connectivity index (χ3n) is 3.87. The fourth-order valence-electron chi connectivity index (χ4n) is 2.61. The van der Waals surface area contributed by atoms with Crippen LogP contribution in [0, 0.1) is 0 Å². The Hall–Kier alpha value is -0.330. The molecule has 1 aliphatic rings. The van der Waals surface area contributed by atoms with Gasteiger partial charge in [0.25, 0.3) is 0 Å². The molecule has 114 valence electrons. The van der Waals surface area contributed by atoms with Crippen molar-refractivity contribution in [2.45, 2.75) is 57.9 Å². The lowest BCUT2D eigenvalue weighted by atomic mass is 10.0. The van der Waals surface area contributed by atoms with Gasteiger partial charge in [-0.15, -0.1) is 0 Å². The zero-order valence-electron chi connectivity index (χ0n) is 12.3. The molecule has 6 heteroatoms. The van der Waals surface area contributed by atoms with Gasteiger partial charge in [0.15, 0.2) is 0 Å². The largest absolute Gasteiger partial charge is 0.405 e. The van der Waals surface area contributed by atoms with E-state index in [0.717, 1.165) is 0 Å². The molecule has 2 atom stereocenters. The van der Waals surface area contributed by atoms with Crippen molar-refractivity contribution >= 4 is 0 Å². The first-order valence-corrected chi connectivity index (χ1v) is 6.88. The lowest BCUT2D eigenvalue weighted by molar-refractivity contribution is -0.194. The highest BCUT2D eigenvalue weighted by molar-refractivity contribution is 4.91. The Morgan fingerprint density at radius 1 is 1.05 bits per heavy atom. The summed E-state index contributed by atoms with van der Waals surface area (Å²) >= 11 is 0. The molecule has 0 bridgehead atoms. The van der Waals surface area contributed by atoms with Crippen LogP contribution in [0.15, 0.2) is 0 Å². The molecular formula is C13H26F3N3. The van der Waals surface area contributed by atoms with E-state index in [1.807, 2.05) is 0 Å². The van der Waals surface area contributed by atoms with Crippen LogP contribution in [0.5, 0.6) is 0 Å². The fraction of sp³-hybridized carbons (Fsp3) is 1.00. The number of nitrogens with zero attached hydrogens (tertiary/aromatic N) is 2. The first-order chi connectivity index (χ1) is 8.57. The van der Waals surface area contributed by atoms with Crippen molar-refractivity contribution < 1.29 is 13.2 Å². The van der Waals surface area contributed by atoms with Gasteiger partial charge in [0.05, 0.1) is 0 Å². The maximum Gasteiger partial charge on any atom is 0.405 e. The molecule has 1 fully saturated rings. The average Bonchev–Trinajstić information content (AvgIpc) is 2.26. The first kappa shape index (κ1) is 16.7. The van der Waals surface area contributed by atoms with Gasteiger partial charge in [0.1, 0.15) is 6.04 Å². The molecule has 3 nitrogen and oxygen atoms in total. The van der Waals surface area contributed by atoms with E-state index in [2.05, 4.69) is 25.7 Å². The minimum absolute atomic E-state index is 0.00664. The molecule has 0 aliphatic carbocycles. The molecule has 1 heterocycles. The second-order valence-electron chi connectivity index (χ2n) is 6.25. The Morgan fingerprint density at radius 3 is 1.84 bits per heavy atom. The minimum Gasteiger partial charge on any atom is -0.326 e. The SMILES string of the molecule is CCC(N)C(N1CCN(C(C)(C)C)CC1)C(F)(F)F. The predicted molar refractivity (Wildman–Crippen MR) is 71.0 cm³/mol. The van der Waals surface area contributed by atoms with Crippen molar-refractivity contribution in [3.05, 3.63) is 0 Å². The third kappa shape index (κ3) is 4.33. The Balaban J connectivity index is 2.70. The average molecular weight is 281 g/mol. The van der Waals surface area contributed by atoms with E-state index in [-0.39, 0.29) is 5.54 Å². The molecule has 0 aromatic carbocycles. The van der Waals surface area contributed by atoms with Crippen LogP contribution in [-0.4, -0.2) is 59.8 Å². The topological polar surface area (TPSA) is 32.5 Å². The van der Waals surface area contributed by atoms with Crippen LogP contribution < -0.4 is 5.73 Å². The van der Waals surface area contributed by atoms with Crippen LogP contribution in [-0.2, 0) is 0 Å². The number of rotatable bonds is 3. The molecule has 0 spiro atoms. The highest BCUT2D eigenvalue weighted by Crippen LogP contribution is 2.29. The molecule has 2 N–H and O–H groups in total. The summed E-state index contributed by atoms with van der Waals surface area (Å²) in [6.07, 6.45) is -3.91. The number of hydrogen-bond acceptors (Lipinski definition) is 3. The van der Waals surface area contributed by atoms with Gasteiger partial charge in [0, 0.05) is 37.8 Å².